The highest BCUT2D eigenvalue weighted by Gasteiger charge is 2.16. The second kappa shape index (κ2) is 7.67. The zero-order valence-electron chi connectivity index (χ0n) is 11.5. The van der Waals surface area contributed by atoms with Gasteiger partial charge in [-0.05, 0) is 38.9 Å². The first kappa shape index (κ1) is 14.5. The minimum absolute atomic E-state index is 0.0546. The van der Waals surface area contributed by atoms with Crippen LogP contribution in [0.3, 0.4) is 0 Å². The van der Waals surface area contributed by atoms with Crippen LogP contribution in [-0.2, 0) is 4.79 Å². The molecule has 0 spiro atoms. The van der Waals surface area contributed by atoms with Crippen molar-refractivity contribution in [2.45, 2.75) is 26.7 Å². The van der Waals surface area contributed by atoms with Crippen LogP contribution in [0.1, 0.15) is 26.7 Å². The van der Waals surface area contributed by atoms with E-state index in [1.165, 1.54) is 25.9 Å². The number of likely N-dealkylation sites (tertiary alicyclic amines) is 1. The highest BCUT2D eigenvalue weighted by atomic mass is 16.1. The van der Waals surface area contributed by atoms with E-state index in [4.69, 9.17) is 0 Å². The molecule has 2 unspecified atom stereocenters. The van der Waals surface area contributed by atoms with Crippen molar-refractivity contribution in [3.63, 3.8) is 0 Å². The fourth-order valence-electron chi connectivity index (χ4n) is 2.32. The summed E-state index contributed by atoms with van der Waals surface area (Å²) in [7, 11) is 1.87. The molecule has 0 aromatic rings. The van der Waals surface area contributed by atoms with Gasteiger partial charge in [0.05, 0.1) is 0 Å². The molecule has 2 N–H and O–H groups in total. The van der Waals surface area contributed by atoms with Gasteiger partial charge in [0.1, 0.15) is 0 Å². The Balaban J connectivity index is 2.13. The number of hydrogen-bond acceptors (Lipinski definition) is 3. The van der Waals surface area contributed by atoms with E-state index >= 15 is 0 Å². The normalized spacial score (nSPS) is 20.2. The van der Waals surface area contributed by atoms with Crippen LogP contribution in [0.25, 0.3) is 0 Å². The minimum Gasteiger partial charge on any atom is -0.356 e. The maximum atomic E-state index is 11.7. The van der Waals surface area contributed by atoms with E-state index in [0.29, 0.717) is 5.92 Å². The predicted octanol–water partition coefficient (Wildman–Crippen LogP) is 0.690. The number of nitrogens with zero attached hydrogens (tertiary/aromatic N) is 1. The SMILES string of the molecule is CNCC(C)C(=O)NCC(C)CN1CCCC1. The average molecular weight is 241 g/mol. The molecule has 4 heteroatoms. The topological polar surface area (TPSA) is 44.4 Å². The van der Waals surface area contributed by atoms with E-state index in [2.05, 4.69) is 22.5 Å². The van der Waals surface area contributed by atoms with Gasteiger partial charge >= 0.3 is 0 Å². The molecule has 1 rings (SSSR count). The second-order valence-electron chi connectivity index (χ2n) is 5.32. The summed E-state index contributed by atoms with van der Waals surface area (Å²) in [6.07, 6.45) is 2.66. The number of amides is 1. The number of hydrogen-bond donors (Lipinski definition) is 2. The molecule has 2 atom stereocenters. The molecule has 1 fully saturated rings. The van der Waals surface area contributed by atoms with Crippen molar-refractivity contribution >= 4 is 5.91 Å². The summed E-state index contributed by atoms with van der Waals surface area (Å²) in [5.74, 6) is 0.755. The Bertz CT molecular complexity index is 227. The first-order chi connectivity index (χ1) is 8.13. The van der Waals surface area contributed by atoms with Gasteiger partial charge in [-0.2, -0.15) is 0 Å². The van der Waals surface area contributed by atoms with Gasteiger partial charge < -0.3 is 15.5 Å². The Kier molecular flexibility index (Phi) is 6.52. The fraction of sp³-hybridized carbons (Fsp3) is 0.923. The van der Waals surface area contributed by atoms with Crippen molar-refractivity contribution in [1.29, 1.82) is 0 Å². The Morgan fingerprint density at radius 2 is 1.88 bits per heavy atom. The predicted molar refractivity (Wildman–Crippen MR) is 70.9 cm³/mol. The second-order valence-corrected chi connectivity index (χ2v) is 5.32. The molecule has 1 saturated heterocycles. The van der Waals surface area contributed by atoms with Crippen molar-refractivity contribution in [2.24, 2.45) is 11.8 Å². The van der Waals surface area contributed by atoms with E-state index in [1.807, 2.05) is 14.0 Å². The maximum Gasteiger partial charge on any atom is 0.224 e. The zero-order valence-corrected chi connectivity index (χ0v) is 11.5. The Hall–Kier alpha value is -0.610. The molecule has 1 amide bonds. The molecule has 0 aliphatic carbocycles. The molecule has 0 aromatic carbocycles. The highest BCUT2D eigenvalue weighted by Crippen LogP contribution is 2.09. The van der Waals surface area contributed by atoms with Crippen LogP contribution in [0, 0.1) is 11.8 Å². The lowest BCUT2D eigenvalue weighted by Gasteiger charge is -2.21. The molecular formula is C13H27N3O. The summed E-state index contributed by atoms with van der Waals surface area (Å²) < 4.78 is 0. The van der Waals surface area contributed by atoms with E-state index in [1.54, 1.807) is 0 Å². The zero-order chi connectivity index (χ0) is 12.7. The van der Waals surface area contributed by atoms with Crippen molar-refractivity contribution in [3.05, 3.63) is 0 Å². The van der Waals surface area contributed by atoms with Crippen LogP contribution >= 0.6 is 0 Å². The van der Waals surface area contributed by atoms with Gasteiger partial charge in [-0.1, -0.05) is 13.8 Å². The van der Waals surface area contributed by atoms with Gasteiger partial charge in [-0.3, -0.25) is 4.79 Å². The molecular weight excluding hydrogens is 214 g/mol. The molecule has 0 bridgehead atoms. The third-order valence-corrected chi connectivity index (χ3v) is 3.35. The molecule has 4 nitrogen and oxygen atoms in total. The van der Waals surface area contributed by atoms with Gasteiger partial charge in [-0.25, -0.2) is 0 Å². The Labute approximate surface area is 105 Å². The van der Waals surface area contributed by atoms with E-state index < -0.39 is 0 Å². The lowest BCUT2D eigenvalue weighted by Crippen LogP contribution is -2.39. The molecule has 1 aliphatic heterocycles. The Morgan fingerprint density at radius 3 is 2.47 bits per heavy atom. The number of nitrogens with one attached hydrogen (secondary N) is 2. The monoisotopic (exact) mass is 241 g/mol. The van der Waals surface area contributed by atoms with E-state index in [9.17, 15) is 4.79 Å². The maximum absolute atomic E-state index is 11.7. The summed E-state index contributed by atoms with van der Waals surface area (Å²) in [6.45, 7) is 9.28. The van der Waals surface area contributed by atoms with E-state index in [-0.39, 0.29) is 11.8 Å². The first-order valence-electron chi connectivity index (χ1n) is 6.78. The lowest BCUT2D eigenvalue weighted by atomic mass is 10.1. The van der Waals surface area contributed by atoms with Crippen LogP contribution in [0.2, 0.25) is 0 Å². The van der Waals surface area contributed by atoms with E-state index in [0.717, 1.165) is 19.6 Å². The average Bonchev–Trinajstić information content (AvgIpc) is 2.79. The standard InChI is InChI=1S/C13H27N3O/c1-11(10-16-6-4-5-7-16)8-15-13(17)12(2)9-14-3/h11-12,14H,4-10H2,1-3H3,(H,15,17). The smallest absolute Gasteiger partial charge is 0.224 e. The summed E-state index contributed by atoms with van der Waals surface area (Å²) in [5, 5.41) is 6.06. The fourth-order valence-corrected chi connectivity index (χ4v) is 2.32. The lowest BCUT2D eigenvalue weighted by molar-refractivity contribution is -0.124. The summed E-state index contributed by atoms with van der Waals surface area (Å²) in [4.78, 5) is 14.2. The minimum atomic E-state index is 0.0546. The Morgan fingerprint density at radius 1 is 1.24 bits per heavy atom. The van der Waals surface area contributed by atoms with Crippen molar-refractivity contribution in [2.75, 3.05) is 39.8 Å². The van der Waals surface area contributed by atoms with Gasteiger partial charge in [-0.15, -0.1) is 0 Å². The molecule has 0 radical (unpaired) electrons. The molecule has 1 aliphatic rings. The van der Waals surface area contributed by atoms with Crippen LogP contribution in [0.15, 0.2) is 0 Å². The quantitative estimate of drug-likeness (QED) is 0.689. The number of rotatable bonds is 7. The van der Waals surface area contributed by atoms with Crippen molar-refractivity contribution < 1.29 is 4.79 Å². The van der Waals surface area contributed by atoms with Crippen molar-refractivity contribution in [1.82, 2.24) is 15.5 Å². The molecule has 17 heavy (non-hydrogen) atoms. The van der Waals surface area contributed by atoms with Crippen LogP contribution in [0.5, 0.6) is 0 Å². The van der Waals surface area contributed by atoms with Crippen LogP contribution in [0.4, 0.5) is 0 Å². The largest absolute Gasteiger partial charge is 0.356 e. The summed E-state index contributed by atoms with van der Waals surface area (Å²) >= 11 is 0. The first-order valence-corrected chi connectivity index (χ1v) is 6.78. The summed E-state index contributed by atoms with van der Waals surface area (Å²) in [6, 6.07) is 0. The van der Waals surface area contributed by atoms with Gasteiger partial charge in [0.2, 0.25) is 5.91 Å². The van der Waals surface area contributed by atoms with Gasteiger partial charge in [0.25, 0.3) is 0 Å². The van der Waals surface area contributed by atoms with Gasteiger partial charge in [0.15, 0.2) is 0 Å². The molecule has 0 saturated carbocycles. The number of carbonyl (C=O) groups is 1. The van der Waals surface area contributed by atoms with Gasteiger partial charge in [0, 0.05) is 25.6 Å². The molecule has 1 heterocycles. The third-order valence-electron chi connectivity index (χ3n) is 3.35. The molecule has 100 valence electrons. The van der Waals surface area contributed by atoms with Crippen LogP contribution in [-0.4, -0.2) is 50.6 Å². The van der Waals surface area contributed by atoms with Crippen LogP contribution < -0.4 is 10.6 Å². The highest BCUT2D eigenvalue weighted by molar-refractivity contribution is 5.78. The number of carbonyl (C=O) groups excluding carboxylic acids is 1. The molecule has 0 aromatic heterocycles. The summed E-state index contributed by atoms with van der Waals surface area (Å²) in [5.41, 5.74) is 0. The van der Waals surface area contributed by atoms with Crippen molar-refractivity contribution in [3.8, 4) is 0 Å². The third kappa shape index (κ3) is 5.50.